The van der Waals surface area contributed by atoms with Crippen LogP contribution in [0.4, 0.5) is 4.39 Å². The molecule has 0 radical (unpaired) electrons. The minimum atomic E-state index is -0.121. The van der Waals surface area contributed by atoms with Crippen LogP contribution >= 0.6 is 0 Å². The van der Waals surface area contributed by atoms with Gasteiger partial charge in [0.1, 0.15) is 5.82 Å². The molecule has 2 rings (SSSR count). The van der Waals surface area contributed by atoms with E-state index in [1.165, 1.54) is 11.1 Å². The second kappa shape index (κ2) is 6.02. The number of benzene rings is 1. The monoisotopic (exact) mass is 264 g/mol. The Morgan fingerprint density at radius 1 is 1.42 bits per heavy atom. The summed E-state index contributed by atoms with van der Waals surface area (Å²) in [7, 11) is 2.15. The summed E-state index contributed by atoms with van der Waals surface area (Å²) in [5, 5.41) is 0. The van der Waals surface area contributed by atoms with E-state index in [-0.39, 0.29) is 11.9 Å². The number of hydrogen-bond donors (Lipinski definition) is 1. The summed E-state index contributed by atoms with van der Waals surface area (Å²) in [6.07, 6.45) is 3.09. The average Bonchev–Trinajstić information content (AvgIpc) is 2.78. The van der Waals surface area contributed by atoms with E-state index in [0.29, 0.717) is 12.0 Å². The molecule has 1 aromatic carbocycles. The molecule has 2 unspecified atom stereocenters. The third kappa shape index (κ3) is 3.34. The standard InChI is InChI=1S/C16H25FN2/c1-11(2)15(18)8-9-19(3)16-7-4-12-10-13(17)5-6-14(12)16/h5-6,10-11,15-16H,4,7-9,18H2,1-3H3. The van der Waals surface area contributed by atoms with Gasteiger partial charge in [0.05, 0.1) is 0 Å². The molecule has 1 aromatic rings. The van der Waals surface area contributed by atoms with Crippen LogP contribution in [0.1, 0.15) is 43.9 Å². The molecule has 19 heavy (non-hydrogen) atoms. The third-order valence-electron chi connectivity index (χ3n) is 4.35. The number of hydrogen-bond acceptors (Lipinski definition) is 2. The van der Waals surface area contributed by atoms with Crippen molar-refractivity contribution in [1.29, 1.82) is 0 Å². The summed E-state index contributed by atoms with van der Waals surface area (Å²) < 4.78 is 13.2. The van der Waals surface area contributed by atoms with Gasteiger partial charge < -0.3 is 5.73 Å². The van der Waals surface area contributed by atoms with Crippen molar-refractivity contribution in [3.63, 3.8) is 0 Å². The first kappa shape index (κ1) is 14.5. The molecule has 1 aliphatic rings. The minimum absolute atomic E-state index is 0.121. The number of aryl methyl sites for hydroxylation is 1. The first-order valence-electron chi connectivity index (χ1n) is 7.23. The highest BCUT2D eigenvalue weighted by Crippen LogP contribution is 2.35. The maximum absolute atomic E-state index is 13.2. The number of fused-ring (bicyclic) bond motifs is 1. The van der Waals surface area contributed by atoms with E-state index >= 15 is 0 Å². The third-order valence-corrected chi connectivity index (χ3v) is 4.35. The van der Waals surface area contributed by atoms with Crippen molar-refractivity contribution in [2.45, 2.75) is 45.2 Å². The zero-order valence-electron chi connectivity index (χ0n) is 12.2. The van der Waals surface area contributed by atoms with E-state index in [1.54, 1.807) is 12.1 Å². The Bertz CT molecular complexity index is 431. The summed E-state index contributed by atoms with van der Waals surface area (Å²) in [4.78, 5) is 2.37. The molecular formula is C16H25FN2. The Balaban J connectivity index is 1.97. The van der Waals surface area contributed by atoms with Crippen LogP contribution in [0.15, 0.2) is 18.2 Å². The van der Waals surface area contributed by atoms with Crippen molar-refractivity contribution < 1.29 is 4.39 Å². The van der Waals surface area contributed by atoms with Gasteiger partial charge in [0.25, 0.3) is 0 Å². The topological polar surface area (TPSA) is 29.3 Å². The predicted octanol–water partition coefficient (Wildman–Crippen LogP) is 3.12. The van der Waals surface area contributed by atoms with E-state index in [1.807, 2.05) is 6.07 Å². The summed E-state index contributed by atoms with van der Waals surface area (Å²) in [5.74, 6) is 0.405. The molecule has 3 heteroatoms. The second-order valence-corrected chi connectivity index (χ2v) is 6.07. The molecule has 0 amide bonds. The fraction of sp³-hybridized carbons (Fsp3) is 0.625. The average molecular weight is 264 g/mol. The molecule has 0 saturated carbocycles. The van der Waals surface area contributed by atoms with Gasteiger partial charge in [-0.05, 0) is 62.0 Å². The van der Waals surface area contributed by atoms with Crippen LogP contribution < -0.4 is 5.73 Å². The number of nitrogens with zero attached hydrogens (tertiary/aromatic N) is 1. The summed E-state index contributed by atoms with van der Waals surface area (Å²) in [5.41, 5.74) is 8.57. The predicted molar refractivity (Wildman–Crippen MR) is 77.5 cm³/mol. The quantitative estimate of drug-likeness (QED) is 0.885. The maximum Gasteiger partial charge on any atom is 0.123 e. The highest BCUT2D eigenvalue weighted by molar-refractivity contribution is 5.34. The zero-order chi connectivity index (χ0) is 14.0. The van der Waals surface area contributed by atoms with Crippen LogP contribution in [0, 0.1) is 11.7 Å². The molecule has 0 bridgehead atoms. The Morgan fingerprint density at radius 2 is 2.16 bits per heavy atom. The first-order chi connectivity index (χ1) is 8.99. The van der Waals surface area contributed by atoms with Gasteiger partial charge in [-0.2, -0.15) is 0 Å². The fourth-order valence-corrected chi connectivity index (χ4v) is 2.86. The second-order valence-electron chi connectivity index (χ2n) is 6.07. The number of halogens is 1. The van der Waals surface area contributed by atoms with Crippen LogP contribution in [0.25, 0.3) is 0 Å². The molecule has 2 atom stereocenters. The van der Waals surface area contributed by atoms with E-state index in [2.05, 4.69) is 25.8 Å². The van der Waals surface area contributed by atoms with Gasteiger partial charge in [-0.25, -0.2) is 4.39 Å². The fourth-order valence-electron chi connectivity index (χ4n) is 2.86. The molecule has 0 aliphatic heterocycles. The molecular weight excluding hydrogens is 239 g/mol. The minimum Gasteiger partial charge on any atom is -0.327 e. The lowest BCUT2D eigenvalue weighted by Gasteiger charge is -2.27. The van der Waals surface area contributed by atoms with Gasteiger partial charge in [-0.3, -0.25) is 4.90 Å². The van der Waals surface area contributed by atoms with Gasteiger partial charge in [-0.15, -0.1) is 0 Å². The van der Waals surface area contributed by atoms with Crippen molar-refractivity contribution in [2.75, 3.05) is 13.6 Å². The van der Waals surface area contributed by atoms with Crippen molar-refractivity contribution in [3.8, 4) is 0 Å². The Kier molecular flexibility index (Phi) is 4.58. The summed E-state index contributed by atoms with van der Waals surface area (Å²) in [6.45, 7) is 5.33. The Morgan fingerprint density at radius 3 is 2.84 bits per heavy atom. The molecule has 0 heterocycles. The smallest absolute Gasteiger partial charge is 0.123 e. The maximum atomic E-state index is 13.2. The Hall–Kier alpha value is -0.930. The molecule has 0 spiro atoms. The van der Waals surface area contributed by atoms with Crippen LogP contribution in [0.5, 0.6) is 0 Å². The van der Waals surface area contributed by atoms with Crippen molar-refractivity contribution in [3.05, 3.63) is 35.1 Å². The van der Waals surface area contributed by atoms with E-state index in [4.69, 9.17) is 5.73 Å². The molecule has 106 valence electrons. The zero-order valence-corrected chi connectivity index (χ0v) is 12.2. The van der Waals surface area contributed by atoms with Crippen molar-refractivity contribution >= 4 is 0 Å². The van der Waals surface area contributed by atoms with Gasteiger partial charge in [-0.1, -0.05) is 19.9 Å². The van der Waals surface area contributed by atoms with Crippen molar-refractivity contribution in [2.24, 2.45) is 11.7 Å². The van der Waals surface area contributed by atoms with E-state index < -0.39 is 0 Å². The van der Waals surface area contributed by atoms with E-state index in [9.17, 15) is 4.39 Å². The lowest BCUT2D eigenvalue weighted by molar-refractivity contribution is 0.228. The van der Waals surface area contributed by atoms with Gasteiger partial charge in [0.2, 0.25) is 0 Å². The molecule has 0 aromatic heterocycles. The first-order valence-corrected chi connectivity index (χ1v) is 7.23. The van der Waals surface area contributed by atoms with Gasteiger partial charge in [0, 0.05) is 12.1 Å². The summed E-state index contributed by atoms with van der Waals surface area (Å²) >= 11 is 0. The highest BCUT2D eigenvalue weighted by Gasteiger charge is 2.26. The van der Waals surface area contributed by atoms with Gasteiger partial charge >= 0.3 is 0 Å². The SMILES string of the molecule is CC(C)C(N)CCN(C)C1CCc2cc(F)ccc21. The lowest BCUT2D eigenvalue weighted by Crippen LogP contribution is -2.33. The van der Waals surface area contributed by atoms with Crippen LogP contribution in [0.3, 0.4) is 0 Å². The Labute approximate surface area is 115 Å². The van der Waals surface area contributed by atoms with Crippen molar-refractivity contribution in [1.82, 2.24) is 4.90 Å². The molecule has 2 N–H and O–H groups in total. The number of nitrogens with two attached hydrogens (primary N) is 1. The largest absolute Gasteiger partial charge is 0.327 e. The molecule has 0 fully saturated rings. The number of rotatable bonds is 5. The molecule has 1 aliphatic carbocycles. The normalized spacial score (nSPS) is 20.1. The highest BCUT2D eigenvalue weighted by atomic mass is 19.1. The van der Waals surface area contributed by atoms with Crippen LogP contribution in [-0.4, -0.2) is 24.5 Å². The van der Waals surface area contributed by atoms with Crippen LogP contribution in [-0.2, 0) is 6.42 Å². The molecule has 0 saturated heterocycles. The van der Waals surface area contributed by atoms with Gasteiger partial charge in [0.15, 0.2) is 0 Å². The van der Waals surface area contributed by atoms with E-state index in [0.717, 1.165) is 25.8 Å². The summed E-state index contributed by atoms with van der Waals surface area (Å²) in [6, 6.07) is 5.89. The lowest BCUT2D eigenvalue weighted by atomic mass is 10.0. The van der Waals surface area contributed by atoms with Crippen LogP contribution in [0.2, 0.25) is 0 Å². The molecule has 2 nitrogen and oxygen atoms in total.